The van der Waals surface area contributed by atoms with Crippen LogP contribution >= 0.6 is 0 Å². The molecule has 0 radical (unpaired) electrons. The van der Waals surface area contributed by atoms with E-state index in [0.717, 1.165) is 12.0 Å². The second-order valence-electron chi connectivity index (χ2n) is 7.56. The van der Waals surface area contributed by atoms with Gasteiger partial charge in [0.2, 0.25) is 0 Å². The monoisotopic (exact) mass is 237 g/mol. The minimum absolute atomic E-state index is 0.507. The molecule has 17 heavy (non-hydrogen) atoms. The summed E-state index contributed by atoms with van der Waals surface area (Å²) in [6.07, 6.45) is 8.38. The summed E-state index contributed by atoms with van der Waals surface area (Å²) < 4.78 is 0. The first kappa shape index (κ1) is 13.4. The van der Waals surface area contributed by atoms with Crippen molar-refractivity contribution in [3.63, 3.8) is 0 Å². The van der Waals surface area contributed by atoms with Gasteiger partial charge in [0.15, 0.2) is 0 Å². The van der Waals surface area contributed by atoms with Gasteiger partial charge in [-0.1, -0.05) is 40.5 Å². The van der Waals surface area contributed by atoms with Crippen molar-refractivity contribution >= 4 is 0 Å². The van der Waals surface area contributed by atoms with Crippen molar-refractivity contribution < 1.29 is 0 Å². The highest BCUT2D eigenvalue weighted by Crippen LogP contribution is 2.62. The first-order valence-electron chi connectivity index (χ1n) is 7.66. The van der Waals surface area contributed by atoms with Crippen LogP contribution in [0.15, 0.2) is 0 Å². The van der Waals surface area contributed by atoms with Crippen LogP contribution < -0.4 is 5.32 Å². The fourth-order valence-electron chi connectivity index (χ4n) is 4.60. The summed E-state index contributed by atoms with van der Waals surface area (Å²) in [5.74, 6) is 0.961. The summed E-state index contributed by atoms with van der Waals surface area (Å²) in [5, 5.41) is 3.98. The van der Waals surface area contributed by atoms with Crippen LogP contribution in [0.1, 0.15) is 73.1 Å². The molecule has 4 unspecified atom stereocenters. The number of nitrogens with one attached hydrogen (secondary N) is 1. The zero-order valence-corrected chi connectivity index (χ0v) is 12.5. The van der Waals surface area contributed by atoms with Gasteiger partial charge in [-0.3, -0.25) is 0 Å². The fraction of sp³-hybridized carbons (Fsp3) is 1.00. The Kier molecular flexibility index (Phi) is 3.60. The van der Waals surface area contributed by atoms with Gasteiger partial charge in [0.1, 0.15) is 0 Å². The van der Waals surface area contributed by atoms with Crippen LogP contribution in [0.4, 0.5) is 0 Å². The molecule has 2 saturated carbocycles. The third kappa shape index (κ3) is 2.28. The third-order valence-corrected chi connectivity index (χ3v) is 5.71. The van der Waals surface area contributed by atoms with Gasteiger partial charge in [-0.2, -0.15) is 0 Å². The Labute approximate surface area is 108 Å². The van der Waals surface area contributed by atoms with E-state index in [2.05, 4.69) is 39.9 Å². The molecule has 0 aromatic rings. The minimum atomic E-state index is 0.507. The van der Waals surface area contributed by atoms with Crippen LogP contribution in [0.2, 0.25) is 0 Å². The second kappa shape index (κ2) is 4.57. The van der Waals surface area contributed by atoms with Crippen LogP contribution in [-0.2, 0) is 0 Å². The third-order valence-electron chi connectivity index (χ3n) is 5.71. The van der Waals surface area contributed by atoms with E-state index in [9.17, 15) is 0 Å². The van der Waals surface area contributed by atoms with E-state index in [1.165, 1.54) is 38.5 Å². The molecule has 1 N–H and O–H groups in total. The molecule has 2 fully saturated rings. The maximum Gasteiger partial charge on any atom is 0.0177 e. The van der Waals surface area contributed by atoms with Gasteiger partial charge in [0.25, 0.3) is 0 Å². The van der Waals surface area contributed by atoms with Crippen molar-refractivity contribution in [2.24, 2.45) is 16.7 Å². The fourth-order valence-corrected chi connectivity index (χ4v) is 4.60. The van der Waals surface area contributed by atoms with Gasteiger partial charge in [-0.05, 0) is 49.4 Å². The standard InChI is InChI=1S/C16H31N/c1-6-7-8-12(2)17-14-15(3,4)13-9-10-16(14,5)11-13/h12-14,17H,6-11H2,1-5H3. The summed E-state index contributed by atoms with van der Waals surface area (Å²) >= 11 is 0. The quantitative estimate of drug-likeness (QED) is 0.748. The summed E-state index contributed by atoms with van der Waals surface area (Å²) in [6.45, 7) is 12.2. The van der Waals surface area contributed by atoms with Gasteiger partial charge >= 0.3 is 0 Å². The molecule has 0 heterocycles. The summed E-state index contributed by atoms with van der Waals surface area (Å²) in [5.41, 5.74) is 1.09. The average molecular weight is 237 g/mol. The molecule has 0 saturated heterocycles. The Morgan fingerprint density at radius 3 is 2.53 bits per heavy atom. The molecule has 0 aromatic carbocycles. The van der Waals surface area contributed by atoms with E-state index in [4.69, 9.17) is 0 Å². The van der Waals surface area contributed by atoms with E-state index in [0.29, 0.717) is 16.9 Å². The van der Waals surface area contributed by atoms with E-state index in [1.54, 1.807) is 0 Å². The van der Waals surface area contributed by atoms with Gasteiger partial charge in [0.05, 0.1) is 0 Å². The Bertz CT molecular complexity index is 266. The maximum atomic E-state index is 3.98. The lowest BCUT2D eigenvalue weighted by Crippen LogP contribution is -2.53. The number of hydrogen-bond acceptors (Lipinski definition) is 1. The number of fused-ring (bicyclic) bond motifs is 2. The van der Waals surface area contributed by atoms with Crippen LogP contribution in [0.25, 0.3) is 0 Å². The maximum absolute atomic E-state index is 3.98. The highest BCUT2D eigenvalue weighted by atomic mass is 15.0. The molecule has 1 nitrogen and oxygen atoms in total. The second-order valence-corrected chi connectivity index (χ2v) is 7.56. The number of hydrogen-bond donors (Lipinski definition) is 1. The first-order chi connectivity index (χ1) is 7.90. The lowest BCUT2D eigenvalue weighted by atomic mass is 9.68. The minimum Gasteiger partial charge on any atom is -0.310 e. The van der Waals surface area contributed by atoms with Gasteiger partial charge < -0.3 is 5.32 Å². The zero-order valence-electron chi connectivity index (χ0n) is 12.5. The van der Waals surface area contributed by atoms with Crippen LogP contribution in [-0.4, -0.2) is 12.1 Å². The molecule has 0 aliphatic heterocycles. The summed E-state index contributed by atoms with van der Waals surface area (Å²) in [4.78, 5) is 0. The average Bonchev–Trinajstić information content (AvgIpc) is 2.73. The smallest absolute Gasteiger partial charge is 0.0177 e. The Morgan fingerprint density at radius 1 is 1.29 bits per heavy atom. The van der Waals surface area contributed by atoms with E-state index >= 15 is 0 Å². The van der Waals surface area contributed by atoms with Gasteiger partial charge in [0, 0.05) is 12.1 Å². The van der Waals surface area contributed by atoms with Crippen molar-refractivity contribution in [2.45, 2.75) is 85.2 Å². The predicted octanol–water partition coefficient (Wildman–Crippen LogP) is 4.37. The largest absolute Gasteiger partial charge is 0.310 e. The van der Waals surface area contributed by atoms with Crippen molar-refractivity contribution in [1.29, 1.82) is 0 Å². The number of rotatable bonds is 5. The molecule has 4 atom stereocenters. The molecule has 2 aliphatic rings. The normalized spacial score (nSPS) is 40.8. The van der Waals surface area contributed by atoms with Crippen molar-refractivity contribution in [1.82, 2.24) is 5.32 Å². The molecule has 2 rings (SSSR count). The molecule has 0 spiro atoms. The van der Waals surface area contributed by atoms with E-state index in [-0.39, 0.29) is 0 Å². The van der Waals surface area contributed by atoms with E-state index < -0.39 is 0 Å². The molecule has 2 bridgehead atoms. The van der Waals surface area contributed by atoms with Gasteiger partial charge in [-0.15, -0.1) is 0 Å². The lowest BCUT2D eigenvalue weighted by molar-refractivity contribution is 0.0988. The molecule has 2 aliphatic carbocycles. The first-order valence-corrected chi connectivity index (χ1v) is 7.66. The SMILES string of the molecule is CCCCC(C)NC1C2(C)CCC(C2)C1(C)C. The molecule has 0 aromatic heterocycles. The summed E-state index contributed by atoms with van der Waals surface area (Å²) in [7, 11) is 0. The highest BCUT2D eigenvalue weighted by Gasteiger charge is 2.59. The van der Waals surface area contributed by atoms with Crippen LogP contribution in [0.5, 0.6) is 0 Å². The molecule has 0 amide bonds. The predicted molar refractivity (Wildman–Crippen MR) is 75.1 cm³/mol. The summed E-state index contributed by atoms with van der Waals surface area (Å²) in [6, 6.07) is 1.43. The Hall–Kier alpha value is -0.0400. The molecular formula is C16H31N. The Balaban J connectivity index is 2.00. The Morgan fingerprint density at radius 2 is 2.00 bits per heavy atom. The van der Waals surface area contributed by atoms with Crippen LogP contribution in [0.3, 0.4) is 0 Å². The molecule has 1 heteroatoms. The van der Waals surface area contributed by atoms with Crippen molar-refractivity contribution in [2.75, 3.05) is 0 Å². The topological polar surface area (TPSA) is 12.0 Å². The molecule has 100 valence electrons. The van der Waals surface area contributed by atoms with Crippen molar-refractivity contribution in [3.05, 3.63) is 0 Å². The van der Waals surface area contributed by atoms with Gasteiger partial charge in [-0.25, -0.2) is 0 Å². The lowest BCUT2D eigenvalue weighted by Gasteiger charge is -2.44. The van der Waals surface area contributed by atoms with E-state index in [1.807, 2.05) is 0 Å². The van der Waals surface area contributed by atoms with Crippen molar-refractivity contribution in [3.8, 4) is 0 Å². The zero-order chi connectivity index (χ0) is 12.7. The highest BCUT2D eigenvalue weighted by molar-refractivity contribution is 5.12. The molecular weight excluding hydrogens is 206 g/mol. The number of unbranched alkanes of at least 4 members (excludes halogenated alkanes) is 1. The van der Waals surface area contributed by atoms with Crippen LogP contribution in [0, 0.1) is 16.7 Å².